The zero-order valence-corrected chi connectivity index (χ0v) is 13.6. The lowest BCUT2D eigenvalue weighted by molar-refractivity contribution is 0.195. The molecular weight excluding hydrogens is 294 g/mol. The Morgan fingerprint density at radius 3 is 2.30 bits per heavy atom. The number of nitrogens with zero attached hydrogens (tertiary/aromatic N) is 1. The summed E-state index contributed by atoms with van der Waals surface area (Å²) in [6.45, 7) is 7.55. The molecule has 0 saturated carbocycles. The summed E-state index contributed by atoms with van der Waals surface area (Å²) in [4.78, 5) is 2.27. The van der Waals surface area contributed by atoms with E-state index in [4.69, 9.17) is 0 Å². The van der Waals surface area contributed by atoms with Gasteiger partial charge >= 0.3 is 0 Å². The van der Waals surface area contributed by atoms with Crippen molar-refractivity contribution in [1.82, 2.24) is 10.2 Å². The number of aryl methyl sites for hydroxylation is 2. The highest BCUT2D eigenvalue weighted by Crippen LogP contribution is 2.33. The maximum absolute atomic E-state index is 14.5. The van der Waals surface area contributed by atoms with Crippen molar-refractivity contribution < 1.29 is 8.78 Å². The number of rotatable bonds is 3. The second kappa shape index (κ2) is 6.77. The fourth-order valence-corrected chi connectivity index (χ4v) is 3.36. The molecule has 1 fully saturated rings. The Labute approximate surface area is 136 Å². The van der Waals surface area contributed by atoms with Crippen LogP contribution >= 0.6 is 0 Å². The molecule has 0 spiro atoms. The van der Waals surface area contributed by atoms with Crippen molar-refractivity contribution in [3.63, 3.8) is 0 Å². The van der Waals surface area contributed by atoms with Crippen LogP contribution < -0.4 is 5.32 Å². The van der Waals surface area contributed by atoms with Gasteiger partial charge in [0.15, 0.2) is 0 Å². The highest BCUT2D eigenvalue weighted by Gasteiger charge is 2.27. The van der Waals surface area contributed by atoms with Gasteiger partial charge in [-0.3, -0.25) is 4.90 Å². The molecule has 0 aliphatic carbocycles. The van der Waals surface area contributed by atoms with Gasteiger partial charge < -0.3 is 5.32 Å². The average molecular weight is 316 g/mol. The first-order valence-electron chi connectivity index (χ1n) is 8.03. The van der Waals surface area contributed by atoms with Gasteiger partial charge in [0.25, 0.3) is 0 Å². The van der Waals surface area contributed by atoms with Gasteiger partial charge in [-0.25, -0.2) is 8.78 Å². The van der Waals surface area contributed by atoms with Crippen LogP contribution in [0.4, 0.5) is 8.78 Å². The number of hydrogen-bond donors (Lipinski definition) is 1. The van der Waals surface area contributed by atoms with E-state index < -0.39 is 11.6 Å². The highest BCUT2D eigenvalue weighted by atomic mass is 19.1. The quantitative estimate of drug-likeness (QED) is 0.931. The van der Waals surface area contributed by atoms with E-state index in [1.165, 1.54) is 11.6 Å². The van der Waals surface area contributed by atoms with Crippen molar-refractivity contribution in [1.29, 1.82) is 0 Å². The second-order valence-corrected chi connectivity index (χ2v) is 6.21. The van der Waals surface area contributed by atoms with Gasteiger partial charge in [-0.15, -0.1) is 0 Å². The normalized spacial score (nSPS) is 17.2. The largest absolute Gasteiger partial charge is 0.314 e. The van der Waals surface area contributed by atoms with Gasteiger partial charge in [0.2, 0.25) is 0 Å². The lowest BCUT2D eigenvalue weighted by Crippen LogP contribution is -2.45. The summed E-state index contributed by atoms with van der Waals surface area (Å²) in [6.07, 6.45) is 0. The number of benzene rings is 2. The maximum atomic E-state index is 14.5. The Morgan fingerprint density at radius 2 is 1.65 bits per heavy atom. The van der Waals surface area contributed by atoms with Crippen molar-refractivity contribution in [3.8, 4) is 0 Å². The predicted molar refractivity (Wildman–Crippen MR) is 88.6 cm³/mol. The molecule has 1 saturated heterocycles. The van der Waals surface area contributed by atoms with Crippen molar-refractivity contribution in [2.45, 2.75) is 19.9 Å². The average Bonchev–Trinajstić information content (AvgIpc) is 2.52. The molecule has 1 aliphatic rings. The van der Waals surface area contributed by atoms with E-state index in [-0.39, 0.29) is 6.04 Å². The minimum Gasteiger partial charge on any atom is -0.314 e. The van der Waals surface area contributed by atoms with E-state index in [1.807, 2.05) is 0 Å². The topological polar surface area (TPSA) is 15.3 Å². The van der Waals surface area contributed by atoms with Crippen LogP contribution in [0, 0.1) is 25.5 Å². The standard InChI is InChI=1S/C19H22F2N2/c1-13-3-5-16(14(2)11-13)19(23-9-7-22-8-10-23)17-6-4-15(20)12-18(17)21/h3-6,11-12,19,22H,7-10H2,1-2H3. The third-order valence-electron chi connectivity index (χ3n) is 4.49. The van der Waals surface area contributed by atoms with Crippen LogP contribution in [-0.4, -0.2) is 31.1 Å². The van der Waals surface area contributed by atoms with E-state index in [2.05, 4.69) is 42.3 Å². The van der Waals surface area contributed by atoms with Crippen molar-refractivity contribution in [2.24, 2.45) is 0 Å². The molecule has 1 heterocycles. The van der Waals surface area contributed by atoms with E-state index >= 15 is 0 Å². The van der Waals surface area contributed by atoms with Gasteiger partial charge in [0.1, 0.15) is 11.6 Å². The number of halogens is 2. The Kier molecular flexibility index (Phi) is 4.74. The zero-order valence-electron chi connectivity index (χ0n) is 13.6. The Morgan fingerprint density at radius 1 is 0.957 bits per heavy atom. The molecule has 3 rings (SSSR count). The predicted octanol–water partition coefficient (Wildman–Crippen LogP) is 3.58. The van der Waals surface area contributed by atoms with Gasteiger partial charge in [-0.1, -0.05) is 29.8 Å². The summed E-state index contributed by atoms with van der Waals surface area (Å²) in [5.74, 6) is -1.01. The van der Waals surface area contributed by atoms with Gasteiger partial charge in [-0.05, 0) is 31.0 Å². The molecule has 2 aromatic rings. The van der Waals surface area contributed by atoms with Crippen LogP contribution in [-0.2, 0) is 0 Å². The molecule has 1 unspecified atom stereocenters. The van der Waals surface area contributed by atoms with Crippen LogP contribution in [0.15, 0.2) is 36.4 Å². The van der Waals surface area contributed by atoms with E-state index in [0.717, 1.165) is 43.4 Å². The Hall–Kier alpha value is -1.78. The Bertz CT molecular complexity index is 642. The molecule has 1 N–H and O–H groups in total. The molecule has 1 atom stereocenters. The molecule has 122 valence electrons. The van der Waals surface area contributed by atoms with Gasteiger partial charge in [-0.2, -0.15) is 0 Å². The smallest absolute Gasteiger partial charge is 0.131 e. The Balaban J connectivity index is 2.09. The van der Waals surface area contributed by atoms with E-state index in [1.54, 1.807) is 6.07 Å². The fraction of sp³-hybridized carbons (Fsp3) is 0.368. The number of hydrogen-bond acceptors (Lipinski definition) is 2. The molecule has 2 aromatic carbocycles. The minimum absolute atomic E-state index is 0.182. The van der Waals surface area contributed by atoms with Crippen LogP contribution in [0.2, 0.25) is 0 Å². The lowest BCUT2D eigenvalue weighted by atomic mass is 9.91. The molecule has 0 aromatic heterocycles. The minimum atomic E-state index is -0.536. The molecule has 4 heteroatoms. The molecule has 2 nitrogen and oxygen atoms in total. The molecular formula is C19H22F2N2. The summed E-state index contributed by atoms with van der Waals surface area (Å²) < 4.78 is 27.8. The summed E-state index contributed by atoms with van der Waals surface area (Å²) >= 11 is 0. The van der Waals surface area contributed by atoms with Gasteiger partial charge in [0.05, 0.1) is 6.04 Å². The lowest BCUT2D eigenvalue weighted by Gasteiger charge is -2.36. The first-order valence-corrected chi connectivity index (χ1v) is 8.03. The monoisotopic (exact) mass is 316 g/mol. The third-order valence-corrected chi connectivity index (χ3v) is 4.49. The SMILES string of the molecule is Cc1ccc(C(c2ccc(F)cc2F)N2CCNCC2)c(C)c1. The first-order chi connectivity index (χ1) is 11.1. The van der Waals surface area contributed by atoms with Gasteiger partial charge in [0, 0.05) is 37.8 Å². The summed E-state index contributed by atoms with van der Waals surface area (Å²) in [7, 11) is 0. The molecule has 23 heavy (non-hydrogen) atoms. The van der Waals surface area contributed by atoms with E-state index in [9.17, 15) is 8.78 Å². The second-order valence-electron chi connectivity index (χ2n) is 6.21. The molecule has 1 aliphatic heterocycles. The molecule has 0 radical (unpaired) electrons. The summed E-state index contributed by atoms with van der Waals surface area (Å²) in [6, 6.07) is 9.96. The fourth-order valence-electron chi connectivity index (χ4n) is 3.36. The van der Waals surface area contributed by atoms with E-state index in [0.29, 0.717) is 5.56 Å². The number of piperazine rings is 1. The molecule has 0 amide bonds. The van der Waals surface area contributed by atoms with Crippen molar-refractivity contribution >= 4 is 0 Å². The van der Waals surface area contributed by atoms with Crippen LogP contribution in [0.5, 0.6) is 0 Å². The summed E-state index contributed by atoms with van der Waals surface area (Å²) in [5.41, 5.74) is 3.95. The zero-order chi connectivity index (χ0) is 16.4. The third kappa shape index (κ3) is 3.43. The first kappa shape index (κ1) is 16.1. The highest BCUT2D eigenvalue weighted by molar-refractivity contribution is 5.39. The van der Waals surface area contributed by atoms with Crippen LogP contribution in [0.3, 0.4) is 0 Å². The molecule has 0 bridgehead atoms. The summed E-state index contributed by atoms with van der Waals surface area (Å²) in [5, 5.41) is 3.32. The van der Waals surface area contributed by atoms with Crippen molar-refractivity contribution in [3.05, 3.63) is 70.3 Å². The van der Waals surface area contributed by atoms with Crippen LogP contribution in [0.1, 0.15) is 28.3 Å². The van der Waals surface area contributed by atoms with Crippen molar-refractivity contribution in [2.75, 3.05) is 26.2 Å². The van der Waals surface area contributed by atoms with Crippen LogP contribution in [0.25, 0.3) is 0 Å². The maximum Gasteiger partial charge on any atom is 0.131 e. The number of nitrogens with one attached hydrogen (secondary N) is 1.